The van der Waals surface area contributed by atoms with Gasteiger partial charge in [-0.2, -0.15) is 0 Å². The van der Waals surface area contributed by atoms with E-state index in [0.717, 1.165) is 42.5 Å². The van der Waals surface area contributed by atoms with Crippen LogP contribution in [0.4, 0.5) is 11.4 Å². The first-order valence-electron chi connectivity index (χ1n) is 12.5. The fraction of sp³-hybridized carbons (Fsp3) is 0.323. The Morgan fingerprint density at radius 2 is 1.50 bits per heavy atom. The molecular weight excluding hydrogens is 416 g/mol. The molecule has 1 amide bonds. The number of carbonyl (C=O) groups excluding carboxylic acids is 1. The van der Waals surface area contributed by atoms with Crippen LogP contribution in [0.15, 0.2) is 78.9 Å². The summed E-state index contributed by atoms with van der Waals surface area (Å²) in [4.78, 5) is 17.8. The van der Waals surface area contributed by atoms with Crippen molar-refractivity contribution in [2.45, 2.75) is 45.6 Å². The van der Waals surface area contributed by atoms with E-state index in [4.69, 9.17) is 0 Å². The van der Waals surface area contributed by atoms with Crippen molar-refractivity contribution in [2.75, 3.05) is 23.9 Å². The average Bonchev–Trinajstić information content (AvgIpc) is 2.88. The quantitative estimate of drug-likeness (QED) is 0.369. The SMILES string of the molecule is CC=Cc1cccc(N(Cc2ccc(-c3ccc(N(C)C)cc3)cc2)C(=O)C2CCCCC2)c1. The fourth-order valence-corrected chi connectivity index (χ4v) is 4.79. The average molecular weight is 453 g/mol. The molecule has 34 heavy (non-hydrogen) atoms. The van der Waals surface area contributed by atoms with Crippen LogP contribution in [0.25, 0.3) is 17.2 Å². The predicted octanol–water partition coefficient (Wildman–Crippen LogP) is 7.57. The normalized spacial score (nSPS) is 14.3. The number of benzene rings is 3. The lowest BCUT2D eigenvalue weighted by Gasteiger charge is -2.30. The Morgan fingerprint density at radius 3 is 2.12 bits per heavy atom. The first kappa shape index (κ1) is 23.8. The van der Waals surface area contributed by atoms with E-state index in [1.165, 1.54) is 23.2 Å². The van der Waals surface area contributed by atoms with Gasteiger partial charge in [0.15, 0.2) is 0 Å². The van der Waals surface area contributed by atoms with Gasteiger partial charge < -0.3 is 9.80 Å². The summed E-state index contributed by atoms with van der Waals surface area (Å²) < 4.78 is 0. The van der Waals surface area contributed by atoms with Crippen LogP contribution in [0.1, 0.15) is 50.2 Å². The molecule has 3 aromatic rings. The van der Waals surface area contributed by atoms with Crippen LogP contribution in [0.2, 0.25) is 0 Å². The topological polar surface area (TPSA) is 23.6 Å². The Hall–Kier alpha value is -3.33. The van der Waals surface area contributed by atoms with Crippen LogP contribution in [-0.4, -0.2) is 20.0 Å². The lowest BCUT2D eigenvalue weighted by Crippen LogP contribution is -2.36. The van der Waals surface area contributed by atoms with Gasteiger partial charge in [0.25, 0.3) is 0 Å². The number of hydrogen-bond donors (Lipinski definition) is 0. The van der Waals surface area contributed by atoms with Gasteiger partial charge in [-0.15, -0.1) is 0 Å². The number of anilines is 2. The zero-order chi connectivity index (χ0) is 23.9. The summed E-state index contributed by atoms with van der Waals surface area (Å²) in [5, 5.41) is 0. The molecule has 0 aliphatic heterocycles. The van der Waals surface area contributed by atoms with Crippen LogP contribution < -0.4 is 9.80 Å². The van der Waals surface area contributed by atoms with Crippen molar-refractivity contribution in [3.05, 3.63) is 90.0 Å². The van der Waals surface area contributed by atoms with E-state index < -0.39 is 0 Å². The number of rotatable bonds is 7. The second kappa shape index (κ2) is 11.2. The standard InChI is InChI=1S/C31H36N2O/c1-4-9-24-10-8-13-30(22-24)33(31(34)28-11-6-5-7-12-28)23-25-14-16-26(17-15-25)27-18-20-29(21-19-27)32(2)3/h4,8-10,13-22,28H,5-7,11-12,23H2,1-3H3. The monoisotopic (exact) mass is 452 g/mol. The van der Waals surface area contributed by atoms with Gasteiger partial charge in [0.1, 0.15) is 0 Å². The van der Waals surface area contributed by atoms with Crippen molar-refractivity contribution < 1.29 is 4.79 Å². The van der Waals surface area contributed by atoms with E-state index in [0.29, 0.717) is 6.54 Å². The maximum absolute atomic E-state index is 13.7. The van der Waals surface area contributed by atoms with E-state index in [9.17, 15) is 4.79 Å². The Morgan fingerprint density at radius 1 is 0.853 bits per heavy atom. The maximum Gasteiger partial charge on any atom is 0.230 e. The molecule has 0 atom stereocenters. The van der Waals surface area contributed by atoms with Crippen molar-refractivity contribution in [3.8, 4) is 11.1 Å². The number of nitrogens with zero attached hydrogens (tertiary/aromatic N) is 2. The molecule has 0 bridgehead atoms. The van der Waals surface area contributed by atoms with Crippen LogP contribution in [-0.2, 0) is 11.3 Å². The molecular formula is C31H36N2O. The van der Waals surface area contributed by atoms with Gasteiger partial charge in [-0.25, -0.2) is 0 Å². The lowest BCUT2D eigenvalue weighted by atomic mass is 9.88. The van der Waals surface area contributed by atoms with Gasteiger partial charge >= 0.3 is 0 Å². The van der Waals surface area contributed by atoms with Gasteiger partial charge in [-0.3, -0.25) is 4.79 Å². The van der Waals surface area contributed by atoms with E-state index >= 15 is 0 Å². The molecule has 1 aliphatic carbocycles. The summed E-state index contributed by atoms with van der Waals surface area (Å²) in [5.41, 5.74) is 6.83. The van der Waals surface area contributed by atoms with E-state index in [-0.39, 0.29) is 11.8 Å². The van der Waals surface area contributed by atoms with Crippen LogP contribution in [0, 0.1) is 5.92 Å². The molecule has 0 aromatic heterocycles. The summed E-state index contributed by atoms with van der Waals surface area (Å²) in [7, 11) is 4.11. The zero-order valence-corrected chi connectivity index (χ0v) is 20.7. The van der Waals surface area contributed by atoms with Crippen molar-refractivity contribution in [1.82, 2.24) is 0 Å². The molecule has 0 saturated heterocycles. The predicted molar refractivity (Wildman–Crippen MR) is 145 cm³/mol. The first-order chi connectivity index (χ1) is 16.5. The third-order valence-electron chi connectivity index (χ3n) is 6.77. The Kier molecular flexibility index (Phi) is 7.84. The summed E-state index contributed by atoms with van der Waals surface area (Å²) >= 11 is 0. The summed E-state index contributed by atoms with van der Waals surface area (Å²) in [6, 6.07) is 25.6. The number of carbonyl (C=O) groups is 1. The molecule has 1 aliphatic rings. The molecule has 1 fully saturated rings. The third kappa shape index (κ3) is 5.77. The minimum absolute atomic E-state index is 0.133. The van der Waals surface area contributed by atoms with Crippen LogP contribution >= 0.6 is 0 Å². The summed E-state index contributed by atoms with van der Waals surface area (Å²) in [6.07, 6.45) is 9.70. The van der Waals surface area contributed by atoms with Crippen molar-refractivity contribution in [3.63, 3.8) is 0 Å². The van der Waals surface area contributed by atoms with Gasteiger partial charge in [-0.1, -0.05) is 79.9 Å². The molecule has 3 aromatic carbocycles. The van der Waals surface area contributed by atoms with Gasteiger partial charge in [0.2, 0.25) is 5.91 Å². The Balaban J connectivity index is 1.58. The third-order valence-corrected chi connectivity index (χ3v) is 6.77. The van der Waals surface area contributed by atoms with Crippen molar-refractivity contribution in [1.29, 1.82) is 0 Å². The highest BCUT2D eigenvalue weighted by Gasteiger charge is 2.27. The lowest BCUT2D eigenvalue weighted by molar-refractivity contribution is -0.123. The van der Waals surface area contributed by atoms with E-state index in [2.05, 4.69) is 91.8 Å². The molecule has 0 heterocycles. The fourth-order valence-electron chi connectivity index (χ4n) is 4.79. The van der Waals surface area contributed by atoms with Crippen LogP contribution in [0.5, 0.6) is 0 Å². The molecule has 0 spiro atoms. The van der Waals surface area contributed by atoms with Crippen LogP contribution in [0.3, 0.4) is 0 Å². The largest absolute Gasteiger partial charge is 0.378 e. The summed E-state index contributed by atoms with van der Waals surface area (Å²) in [6.45, 7) is 2.61. The highest BCUT2D eigenvalue weighted by molar-refractivity contribution is 5.95. The minimum Gasteiger partial charge on any atom is -0.378 e. The Bertz CT molecular complexity index is 1110. The minimum atomic E-state index is 0.133. The highest BCUT2D eigenvalue weighted by Crippen LogP contribution is 2.30. The molecule has 0 N–H and O–H groups in total. The van der Waals surface area contributed by atoms with Crippen molar-refractivity contribution in [2.24, 2.45) is 5.92 Å². The van der Waals surface area contributed by atoms with Crippen molar-refractivity contribution >= 4 is 23.4 Å². The number of amides is 1. The highest BCUT2D eigenvalue weighted by atomic mass is 16.2. The second-order valence-electron chi connectivity index (χ2n) is 9.49. The summed E-state index contributed by atoms with van der Waals surface area (Å²) in [5.74, 6) is 0.397. The second-order valence-corrected chi connectivity index (χ2v) is 9.49. The molecule has 0 radical (unpaired) electrons. The zero-order valence-electron chi connectivity index (χ0n) is 20.7. The maximum atomic E-state index is 13.7. The van der Waals surface area contributed by atoms with E-state index in [1.54, 1.807) is 0 Å². The first-order valence-corrected chi connectivity index (χ1v) is 12.5. The van der Waals surface area contributed by atoms with Gasteiger partial charge in [0, 0.05) is 31.4 Å². The van der Waals surface area contributed by atoms with Gasteiger partial charge in [-0.05, 0) is 66.3 Å². The number of hydrogen-bond acceptors (Lipinski definition) is 2. The molecule has 0 unspecified atom stereocenters. The Labute approximate surface area is 204 Å². The van der Waals surface area contributed by atoms with E-state index in [1.807, 2.05) is 24.0 Å². The molecule has 4 rings (SSSR count). The van der Waals surface area contributed by atoms with Gasteiger partial charge in [0.05, 0.1) is 6.54 Å². The molecule has 3 nitrogen and oxygen atoms in total. The molecule has 3 heteroatoms. The molecule has 176 valence electrons. The smallest absolute Gasteiger partial charge is 0.230 e. The molecule has 1 saturated carbocycles. The number of allylic oxidation sites excluding steroid dienone is 1.